The fourth-order valence-electron chi connectivity index (χ4n) is 1.83. The number of halogens is 2. The van der Waals surface area contributed by atoms with Crippen molar-refractivity contribution in [1.82, 2.24) is 0 Å². The van der Waals surface area contributed by atoms with Gasteiger partial charge in [-0.2, -0.15) is 0 Å². The van der Waals surface area contributed by atoms with E-state index < -0.39 is 23.6 Å². The Morgan fingerprint density at radius 2 is 1.82 bits per heavy atom. The van der Waals surface area contributed by atoms with Crippen molar-refractivity contribution in [3.05, 3.63) is 53.6 Å². The second-order valence-electron chi connectivity index (χ2n) is 4.23. The van der Waals surface area contributed by atoms with Gasteiger partial charge in [-0.15, -0.1) is 0 Å². The van der Waals surface area contributed by atoms with Crippen LogP contribution in [0.2, 0.25) is 0 Å². The van der Waals surface area contributed by atoms with Crippen molar-refractivity contribution in [2.75, 3.05) is 0 Å². The van der Waals surface area contributed by atoms with E-state index >= 15 is 0 Å². The molecule has 0 saturated heterocycles. The van der Waals surface area contributed by atoms with Gasteiger partial charge in [0.2, 0.25) is 0 Å². The summed E-state index contributed by atoms with van der Waals surface area (Å²) in [5, 5.41) is 9.12. The van der Waals surface area contributed by atoms with Gasteiger partial charge in [-0.05, 0) is 29.8 Å². The van der Waals surface area contributed by atoms with Crippen LogP contribution in [0.1, 0.15) is 18.7 Å². The Hall–Kier alpha value is -1.76. The molecule has 2 rings (SSSR count). The minimum Gasteiger partial charge on any atom is -1.00 e. The predicted molar refractivity (Wildman–Crippen MR) is 71.2 cm³/mol. The van der Waals surface area contributed by atoms with E-state index in [1.165, 1.54) is 18.2 Å². The minimum absolute atomic E-state index is 0. The summed E-state index contributed by atoms with van der Waals surface area (Å²) in [6, 6.07) is 6.78. The van der Waals surface area contributed by atoms with Crippen molar-refractivity contribution >= 4 is 11.9 Å². The number of carbonyl (C=O) groups is 2. The van der Waals surface area contributed by atoms with E-state index in [-0.39, 0.29) is 53.4 Å². The van der Waals surface area contributed by atoms with Crippen molar-refractivity contribution in [1.29, 1.82) is 0 Å². The Labute approximate surface area is 148 Å². The first-order valence-corrected chi connectivity index (χ1v) is 5.89. The summed E-state index contributed by atoms with van der Waals surface area (Å²) in [5.74, 6) is -3.67. The molecule has 0 spiro atoms. The number of esters is 1. The van der Waals surface area contributed by atoms with E-state index in [0.717, 1.165) is 19.1 Å². The molecule has 0 aromatic heterocycles. The van der Waals surface area contributed by atoms with Crippen molar-refractivity contribution in [2.45, 2.75) is 6.92 Å². The summed E-state index contributed by atoms with van der Waals surface area (Å²) < 4.78 is 31.4. The summed E-state index contributed by atoms with van der Waals surface area (Å²) in [5.41, 5.74) is 0.000465. The van der Waals surface area contributed by atoms with E-state index in [1.807, 2.05) is 0 Å². The van der Waals surface area contributed by atoms with Gasteiger partial charge in [0.1, 0.15) is 22.9 Å². The number of benzene rings is 2. The number of hydrogen-bond acceptors (Lipinski definition) is 3. The van der Waals surface area contributed by atoms with Crippen LogP contribution in [0.15, 0.2) is 36.4 Å². The number of aromatic carboxylic acids is 1. The van der Waals surface area contributed by atoms with Crippen molar-refractivity contribution < 1.29 is 59.2 Å². The first-order valence-electron chi connectivity index (χ1n) is 5.89. The second-order valence-corrected chi connectivity index (χ2v) is 4.23. The minimum atomic E-state index is -1.32. The van der Waals surface area contributed by atoms with Gasteiger partial charge in [0.25, 0.3) is 0 Å². The van der Waals surface area contributed by atoms with E-state index in [0.29, 0.717) is 6.07 Å². The Morgan fingerprint density at radius 3 is 2.36 bits per heavy atom. The van der Waals surface area contributed by atoms with Gasteiger partial charge in [0.15, 0.2) is 0 Å². The summed E-state index contributed by atoms with van der Waals surface area (Å²) in [6.45, 7) is 1.14. The molecule has 7 heteroatoms. The van der Waals surface area contributed by atoms with Gasteiger partial charge in [0.05, 0.1) is 0 Å². The molecular formula is C15H11F2NaO4. The Balaban J connectivity index is 0.00000242. The average molecular weight is 316 g/mol. The second kappa shape index (κ2) is 7.49. The number of rotatable bonds is 3. The molecule has 0 unspecified atom stereocenters. The van der Waals surface area contributed by atoms with E-state index in [2.05, 4.69) is 0 Å². The van der Waals surface area contributed by atoms with Gasteiger partial charge in [-0.25, -0.2) is 13.6 Å². The van der Waals surface area contributed by atoms with Gasteiger partial charge in [-0.1, -0.05) is 6.07 Å². The van der Waals surface area contributed by atoms with Gasteiger partial charge >= 0.3 is 41.5 Å². The molecule has 0 aliphatic rings. The van der Waals surface area contributed by atoms with Gasteiger partial charge < -0.3 is 11.3 Å². The summed E-state index contributed by atoms with van der Waals surface area (Å²) in [4.78, 5) is 22.1. The van der Waals surface area contributed by atoms with Crippen molar-refractivity contribution in [3.63, 3.8) is 0 Å². The van der Waals surface area contributed by atoms with Crippen molar-refractivity contribution in [2.24, 2.45) is 0 Å². The third kappa shape index (κ3) is 4.13. The van der Waals surface area contributed by atoms with Crippen LogP contribution in [0.4, 0.5) is 8.78 Å². The molecule has 0 aliphatic heterocycles. The van der Waals surface area contributed by atoms with Crippen LogP contribution in [0.25, 0.3) is 11.1 Å². The molecule has 22 heavy (non-hydrogen) atoms. The molecular weight excluding hydrogens is 305 g/mol. The molecule has 0 amide bonds. The molecule has 2 aromatic carbocycles. The third-order valence-corrected chi connectivity index (χ3v) is 2.71. The smallest absolute Gasteiger partial charge is 1.00 e. The van der Waals surface area contributed by atoms with Gasteiger partial charge in [0, 0.05) is 18.6 Å². The molecule has 4 nitrogen and oxygen atoms in total. The van der Waals surface area contributed by atoms with Crippen LogP contribution >= 0.6 is 0 Å². The van der Waals surface area contributed by atoms with Crippen LogP contribution in [0, 0.1) is 11.6 Å². The predicted octanol–water partition coefficient (Wildman–Crippen LogP) is 0.372. The Bertz CT molecular complexity index is 737. The largest absolute Gasteiger partial charge is 1.00 e. The van der Waals surface area contributed by atoms with E-state index in [1.54, 1.807) is 0 Å². The average Bonchev–Trinajstić information content (AvgIpc) is 2.38. The number of carbonyl (C=O) groups excluding carboxylic acids is 1. The normalized spacial score (nSPS) is 9.77. The fourth-order valence-corrected chi connectivity index (χ4v) is 1.83. The maximum atomic E-state index is 13.7. The molecule has 0 heterocycles. The van der Waals surface area contributed by atoms with Crippen molar-refractivity contribution in [3.8, 4) is 16.9 Å². The zero-order valence-electron chi connectivity index (χ0n) is 12.9. The topological polar surface area (TPSA) is 63.6 Å². The number of carboxylic acid groups (broad SMARTS) is 1. The first-order chi connectivity index (χ1) is 9.88. The quantitative estimate of drug-likeness (QED) is 0.505. The molecule has 1 N–H and O–H groups in total. The molecule has 0 fully saturated rings. The monoisotopic (exact) mass is 316 g/mol. The third-order valence-electron chi connectivity index (χ3n) is 2.71. The summed E-state index contributed by atoms with van der Waals surface area (Å²) >= 11 is 0. The van der Waals surface area contributed by atoms with Gasteiger partial charge in [-0.3, -0.25) is 4.79 Å². The molecule has 0 atom stereocenters. The Kier molecular flexibility index (Phi) is 6.22. The first kappa shape index (κ1) is 18.3. The zero-order chi connectivity index (χ0) is 15.6. The number of hydrogen-bond donors (Lipinski definition) is 1. The number of ether oxygens (including phenoxy) is 1. The van der Waals surface area contributed by atoms with E-state index in [4.69, 9.17) is 9.84 Å². The maximum absolute atomic E-state index is 13.7. The van der Waals surface area contributed by atoms with Crippen LogP contribution in [-0.2, 0) is 4.79 Å². The van der Waals surface area contributed by atoms with Crippen LogP contribution in [0.3, 0.4) is 0 Å². The fraction of sp³-hybridized carbons (Fsp3) is 0.0667. The summed E-state index contributed by atoms with van der Waals surface area (Å²) in [7, 11) is 0. The van der Waals surface area contributed by atoms with Crippen LogP contribution in [0.5, 0.6) is 5.75 Å². The Morgan fingerprint density at radius 1 is 1.14 bits per heavy atom. The standard InChI is InChI=1S/C15H10F2O4.Na.H/c1-8(18)21-14-5-2-9(6-12(14)15(19)20)11-4-3-10(16)7-13(11)17;;/h2-7H,1H3,(H,19,20);;/q;+1;-1. The molecule has 0 bridgehead atoms. The van der Waals surface area contributed by atoms with Crippen LogP contribution < -0.4 is 34.3 Å². The van der Waals surface area contributed by atoms with Crippen LogP contribution in [-0.4, -0.2) is 17.0 Å². The zero-order valence-corrected chi connectivity index (χ0v) is 13.9. The molecule has 2 aromatic rings. The molecule has 0 saturated carbocycles. The summed E-state index contributed by atoms with van der Waals surface area (Å²) in [6.07, 6.45) is 0. The van der Waals surface area contributed by atoms with E-state index in [9.17, 15) is 18.4 Å². The molecule has 110 valence electrons. The maximum Gasteiger partial charge on any atom is 1.00 e. The SMILES string of the molecule is CC(=O)Oc1ccc(-c2ccc(F)cc2F)cc1C(=O)O.[H-].[Na+]. The molecule has 0 radical (unpaired) electrons. The number of carboxylic acids is 1. The molecule has 0 aliphatic carbocycles.